The number of rotatable bonds is 3. The van der Waals surface area contributed by atoms with Crippen molar-refractivity contribution in [1.82, 2.24) is 19.8 Å². The Hall–Kier alpha value is -1.52. The van der Waals surface area contributed by atoms with Crippen LogP contribution < -0.4 is 5.32 Å². The Morgan fingerprint density at radius 2 is 1.90 bits per heavy atom. The highest BCUT2D eigenvalue weighted by molar-refractivity contribution is 5.74. The van der Waals surface area contributed by atoms with Crippen LogP contribution in [-0.2, 0) is 7.05 Å². The maximum Gasteiger partial charge on any atom is 0.317 e. The molecule has 5 nitrogen and oxygen atoms in total. The largest absolute Gasteiger partial charge is 0.336 e. The Balaban J connectivity index is 2.04. The Kier molecular flexibility index (Phi) is 5.04. The van der Waals surface area contributed by atoms with Gasteiger partial charge in [-0.15, -0.1) is 0 Å². The second-order valence-electron chi connectivity index (χ2n) is 5.97. The number of urea groups is 1. The molecule has 1 aromatic rings. The zero-order chi connectivity index (χ0) is 14.5. The van der Waals surface area contributed by atoms with Crippen LogP contribution in [-0.4, -0.2) is 33.6 Å². The van der Waals surface area contributed by atoms with Gasteiger partial charge in [-0.25, -0.2) is 9.78 Å². The molecule has 2 rings (SSSR count). The van der Waals surface area contributed by atoms with E-state index in [1.807, 2.05) is 22.7 Å². The summed E-state index contributed by atoms with van der Waals surface area (Å²) in [7, 11) is 1.97. The molecule has 1 saturated heterocycles. The summed E-state index contributed by atoms with van der Waals surface area (Å²) >= 11 is 0. The average Bonchev–Trinajstić information content (AvgIpc) is 2.68. The number of imidazole rings is 1. The summed E-state index contributed by atoms with van der Waals surface area (Å²) in [6.45, 7) is 5.97. The number of hydrogen-bond acceptors (Lipinski definition) is 2. The Morgan fingerprint density at radius 1 is 1.25 bits per heavy atom. The summed E-state index contributed by atoms with van der Waals surface area (Å²) in [4.78, 5) is 18.8. The number of likely N-dealkylation sites (tertiary alicyclic amines) is 1. The van der Waals surface area contributed by atoms with E-state index >= 15 is 0 Å². The van der Waals surface area contributed by atoms with Gasteiger partial charge in [-0.1, -0.05) is 26.7 Å². The monoisotopic (exact) mass is 278 g/mol. The summed E-state index contributed by atoms with van der Waals surface area (Å²) in [5.74, 6) is 1.23. The molecule has 5 heteroatoms. The lowest BCUT2D eigenvalue weighted by atomic mass is 10.0. The van der Waals surface area contributed by atoms with E-state index in [4.69, 9.17) is 0 Å². The van der Waals surface area contributed by atoms with Gasteiger partial charge in [0.25, 0.3) is 0 Å². The van der Waals surface area contributed by atoms with Gasteiger partial charge in [-0.05, 0) is 18.8 Å². The smallest absolute Gasteiger partial charge is 0.317 e. The molecule has 1 atom stereocenters. The van der Waals surface area contributed by atoms with Gasteiger partial charge in [-0.2, -0.15) is 0 Å². The van der Waals surface area contributed by atoms with Crippen molar-refractivity contribution in [2.45, 2.75) is 45.6 Å². The Morgan fingerprint density at radius 3 is 2.40 bits per heavy atom. The third-order valence-corrected chi connectivity index (χ3v) is 3.98. The molecule has 112 valence electrons. The van der Waals surface area contributed by atoms with Crippen molar-refractivity contribution in [2.24, 2.45) is 13.0 Å². The number of aryl methyl sites for hydroxylation is 1. The first kappa shape index (κ1) is 14.9. The number of carbonyl (C=O) groups excluding carboxylic acids is 1. The van der Waals surface area contributed by atoms with Gasteiger partial charge in [0.1, 0.15) is 5.82 Å². The molecule has 1 N–H and O–H groups in total. The molecule has 2 heterocycles. The third kappa shape index (κ3) is 3.52. The van der Waals surface area contributed by atoms with Gasteiger partial charge in [0, 0.05) is 32.5 Å². The molecule has 1 aliphatic heterocycles. The quantitative estimate of drug-likeness (QED) is 0.924. The van der Waals surface area contributed by atoms with Crippen LogP contribution in [0.1, 0.15) is 51.4 Å². The van der Waals surface area contributed by atoms with Gasteiger partial charge < -0.3 is 14.8 Å². The van der Waals surface area contributed by atoms with Crippen LogP contribution in [0.25, 0.3) is 0 Å². The van der Waals surface area contributed by atoms with E-state index in [0.29, 0.717) is 5.92 Å². The zero-order valence-electron chi connectivity index (χ0n) is 12.8. The summed E-state index contributed by atoms with van der Waals surface area (Å²) in [5.41, 5.74) is 0. The molecule has 0 spiro atoms. The van der Waals surface area contributed by atoms with Crippen molar-refractivity contribution in [3.63, 3.8) is 0 Å². The second-order valence-corrected chi connectivity index (χ2v) is 5.97. The van der Waals surface area contributed by atoms with E-state index in [0.717, 1.165) is 31.8 Å². The molecule has 0 radical (unpaired) electrons. The van der Waals surface area contributed by atoms with Gasteiger partial charge in [0.15, 0.2) is 0 Å². The maximum absolute atomic E-state index is 12.5. The van der Waals surface area contributed by atoms with Crippen LogP contribution in [0.4, 0.5) is 4.79 Å². The molecule has 0 saturated carbocycles. The number of nitrogens with one attached hydrogen (secondary N) is 1. The average molecular weight is 278 g/mol. The van der Waals surface area contributed by atoms with Crippen LogP contribution in [0.2, 0.25) is 0 Å². The van der Waals surface area contributed by atoms with E-state index in [9.17, 15) is 4.79 Å². The highest BCUT2D eigenvalue weighted by atomic mass is 16.2. The minimum absolute atomic E-state index is 0.0363. The molecule has 1 aliphatic rings. The number of hydrogen-bond donors (Lipinski definition) is 1. The molecule has 2 amide bonds. The number of carbonyl (C=O) groups is 1. The predicted octanol–water partition coefficient (Wildman–Crippen LogP) is 2.70. The van der Waals surface area contributed by atoms with Crippen LogP contribution in [0, 0.1) is 5.92 Å². The SMILES string of the molecule is CC(C)[C@H](NC(=O)N1CCCCCC1)c1nccn1C. The Bertz CT molecular complexity index is 433. The minimum Gasteiger partial charge on any atom is -0.336 e. The molecular weight excluding hydrogens is 252 g/mol. The first-order valence-electron chi connectivity index (χ1n) is 7.62. The topological polar surface area (TPSA) is 50.2 Å². The third-order valence-electron chi connectivity index (χ3n) is 3.98. The first-order chi connectivity index (χ1) is 9.59. The van der Waals surface area contributed by atoms with Crippen molar-refractivity contribution in [1.29, 1.82) is 0 Å². The lowest BCUT2D eigenvalue weighted by Crippen LogP contribution is -2.44. The van der Waals surface area contributed by atoms with Crippen molar-refractivity contribution < 1.29 is 4.79 Å². The predicted molar refractivity (Wildman–Crippen MR) is 79.4 cm³/mol. The van der Waals surface area contributed by atoms with Gasteiger partial charge in [0.2, 0.25) is 0 Å². The summed E-state index contributed by atoms with van der Waals surface area (Å²) in [6, 6.07) is 0.0133. The molecule has 0 aliphatic carbocycles. The summed E-state index contributed by atoms with van der Waals surface area (Å²) in [5, 5.41) is 3.16. The Labute approximate surface area is 121 Å². The molecule has 0 aromatic carbocycles. The molecule has 1 aromatic heterocycles. The molecule has 20 heavy (non-hydrogen) atoms. The van der Waals surface area contributed by atoms with E-state index in [2.05, 4.69) is 24.1 Å². The van der Waals surface area contributed by atoms with Crippen LogP contribution in [0.3, 0.4) is 0 Å². The molecule has 0 unspecified atom stereocenters. The van der Waals surface area contributed by atoms with Crippen LogP contribution in [0.15, 0.2) is 12.4 Å². The van der Waals surface area contributed by atoms with Crippen LogP contribution in [0.5, 0.6) is 0 Å². The van der Waals surface area contributed by atoms with Gasteiger partial charge in [-0.3, -0.25) is 0 Å². The number of nitrogens with zero attached hydrogens (tertiary/aromatic N) is 3. The highest BCUT2D eigenvalue weighted by Gasteiger charge is 2.24. The highest BCUT2D eigenvalue weighted by Crippen LogP contribution is 2.20. The zero-order valence-corrected chi connectivity index (χ0v) is 12.8. The fourth-order valence-electron chi connectivity index (χ4n) is 2.70. The number of amides is 2. The van der Waals surface area contributed by atoms with Gasteiger partial charge in [0.05, 0.1) is 6.04 Å². The first-order valence-corrected chi connectivity index (χ1v) is 7.62. The maximum atomic E-state index is 12.5. The van der Waals surface area contributed by atoms with Crippen molar-refractivity contribution in [3.8, 4) is 0 Å². The van der Waals surface area contributed by atoms with E-state index in [1.165, 1.54) is 12.8 Å². The fourth-order valence-corrected chi connectivity index (χ4v) is 2.70. The molecular formula is C15H26N4O. The normalized spacial score (nSPS) is 17.9. The standard InChI is InChI=1S/C15H26N4O/c1-12(2)13(14-16-8-11-18(14)3)17-15(20)19-9-6-4-5-7-10-19/h8,11-13H,4-7,9-10H2,1-3H3,(H,17,20)/t13-/m0/s1. The van der Waals surface area contributed by atoms with E-state index in [-0.39, 0.29) is 12.1 Å². The molecule has 1 fully saturated rings. The van der Waals surface area contributed by atoms with E-state index < -0.39 is 0 Å². The second kappa shape index (κ2) is 6.77. The fraction of sp³-hybridized carbons (Fsp3) is 0.733. The summed E-state index contributed by atoms with van der Waals surface area (Å²) < 4.78 is 1.98. The van der Waals surface area contributed by atoms with Crippen LogP contribution >= 0.6 is 0 Å². The summed E-state index contributed by atoms with van der Waals surface area (Å²) in [6.07, 6.45) is 8.39. The lowest BCUT2D eigenvalue weighted by molar-refractivity contribution is 0.190. The number of aromatic nitrogens is 2. The lowest BCUT2D eigenvalue weighted by Gasteiger charge is -2.27. The van der Waals surface area contributed by atoms with Crippen molar-refractivity contribution >= 4 is 6.03 Å². The molecule has 0 bridgehead atoms. The van der Waals surface area contributed by atoms with Crippen molar-refractivity contribution in [2.75, 3.05) is 13.1 Å². The van der Waals surface area contributed by atoms with E-state index in [1.54, 1.807) is 6.20 Å². The minimum atomic E-state index is -0.0363. The van der Waals surface area contributed by atoms with Crippen molar-refractivity contribution in [3.05, 3.63) is 18.2 Å². The van der Waals surface area contributed by atoms with Gasteiger partial charge >= 0.3 is 6.03 Å².